The molecule has 0 saturated carbocycles. The van der Waals surface area contributed by atoms with E-state index in [1.165, 1.54) is 10.6 Å². The predicted octanol–water partition coefficient (Wildman–Crippen LogP) is 3.34. The van der Waals surface area contributed by atoms with Gasteiger partial charge in [-0.1, -0.05) is 0 Å². The second-order valence-corrected chi connectivity index (χ2v) is 8.69. The number of ether oxygens (including phenoxy) is 2. The van der Waals surface area contributed by atoms with Crippen LogP contribution < -0.4 is 4.74 Å². The lowest BCUT2D eigenvalue weighted by molar-refractivity contribution is -0.0892. The van der Waals surface area contributed by atoms with Crippen LogP contribution in [-0.4, -0.2) is 79.2 Å². The second-order valence-electron chi connectivity index (χ2n) is 8.69. The van der Waals surface area contributed by atoms with Gasteiger partial charge in [0.1, 0.15) is 12.4 Å². The van der Waals surface area contributed by atoms with Crippen molar-refractivity contribution in [3.05, 3.63) is 53.3 Å². The smallest absolute Gasteiger partial charge is 0.456 e. The van der Waals surface area contributed by atoms with Gasteiger partial charge in [-0.2, -0.15) is 13.2 Å². The Hall–Kier alpha value is -2.85. The number of nitrogens with zero attached hydrogens (tertiary/aromatic N) is 3. The van der Waals surface area contributed by atoms with Crippen LogP contribution in [0.4, 0.5) is 13.2 Å². The van der Waals surface area contributed by atoms with Crippen molar-refractivity contribution in [2.24, 2.45) is 0 Å². The van der Waals surface area contributed by atoms with Crippen molar-refractivity contribution in [1.29, 1.82) is 0 Å². The largest absolute Gasteiger partial charge is 0.491 e. The number of rotatable bonds is 6. The maximum absolute atomic E-state index is 13.1. The lowest BCUT2D eigenvalue weighted by atomic mass is 9.81. The Morgan fingerprint density at radius 2 is 1.65 bits per heavy atom. The van der Waals surface area contributed by atoms with Gasteiger partial charge in [0.2, 0.25) is 0 Å². The van der Waals surface area contributed by atoms with Crippen LogP contribution in [0.2, 0.25) is 0 Å². The normalized spacial score (nSPS) is 18.1. The van der Waals surface area contributed by atoms with Crippen molar-refractivity contribution in [2.75, 3.05) is 47.0 Å². The van der Waals surface area contributed by atoms with Gasteiger partial charge in [0.15, 0.2) is 0 Å². The number of halogens is 3. The number of hydrogen-bond donors (Lipinski definition) is 0. The molecular weight excluding hydrogens is 451 g/mol. The first-order valence-corrected chi connectivity index (χ1v) is 11.2. The molecule has 4 rings (SSSR count). The maximum atomic E-state index is 13.1. The van der Waals surface area contributed by atoms with Gasteiger partial charge >= 0.3 is 6.18 Å². The molecule has 0 atom stereocenters. The van der Waals surface area contributed by atoms with Crippen LogP contribution >= 0.6 is 0 Å². The third kappa shape index (κ3) is 4.44. The van der Waals surface area contributed by atoms with Crippen LogP contribution in [0.5, 0.6) is 5.75 Å². The summed E-state index contributed by atoms with van der Waals surface area (Å²) in [5.41, 5.74) is 0.423. The van der Waals surface area contributed by atoms with E-state index in [1.54, 1.807) is 42.3 Å². The van der Waals surface area contributed by atoms with E-state index in [1.807, 2.05) is 7.05 Å². The Labute approximate surface area is 196 Å². The van der Waals surface area contributed by atoms with E-state index in [2.05, 4.69) is 4.90 Å². The molecule has 1 saturated heterocycles. The van der Waals surface area contributed by atoms with Crippen LogP contribution in [0, 0.1) is 0 Å². The Morgan fingerprint density at radius 3 is 2.26 bits per heavy atom. The first-order valence-electron chi connectivity index (χ1n) is 11.2. The summed E-state index contributed by atoms with van der Waals surface area (Å²) in [5.74, 6) is -1.26. The van der Waals surface area contributed by atoms with E-state index in [9.17, 15) is 22.8 Å². The number of carbonyl (C=O) groups is 2. The molecule has 10 heteroatoms. The highest BCUT2D eigenvalue weighted by Crippen LogP contribution is 2.42. The summed E-state index contributed by atoms with van der Waals surface area (Å²) < 4.78 is 51.2. The van der Waals surface area contributed by atoms with Gasteiger partial charge < -0.3 is 18.9 Å². The first kappa shape index (κ1) is 24.3. The number of hydrogen-bond acceptors (Lipinski definition) is 5. The number of carbonyl (C=O) groups excluding carboxylic acids is 2. The van der Waals surface area contributed by atoms with Crippen LogP contribution in [0.15, 0.2) is 36.4 Å². The third-order valence-electron chi connectivity index (χ3n) is 6.87. The molecule has 1 aromatic carbocycles. The van der Waals surface area contributed by atoms with Crippen molar-refractivity contribution >= 4 is 11.7 Å². The lowest BCUT2D eigenvalue weighted by Crippen LogP contribution is -2.56. The number of amides is 1. The third-order valence-corrected chi connectivity index (χ3v) is 6.87. The van der Waals surface area contributed by atoms with Crippen LogP contribution in [-0.2, 0) is 16.8 Å². The second kappa shape index (κ2) is 9.42. The van der Waals surface area contributed by atoms with Crippen LogP contribution in [0.1, 0.15) is 39.4 Å². The van der Waals surface area contributed by atoms with Gasteiger partial charge in [0.05, 0.1) is 17.8 Å². The van der Waals surface area contributed by atoms with Crippen molar-refractivity contribution in [2.45, 2.75) is 31.1 Å². The molecule has 1 fully saturated rings. The number of benzene rings is 1. The Balaban J connectivity index is 1.47. The van der Waals surface area contributed by atoms with Gasteiger partial charge in [-0.25, -0.2) is 0 Å². The number of ketones is 1. The van der Waals surface area contributed by atoms with E-state index in [0.29, 0.717) is 69.2 Å². The molecule has 34 heavy (non-hydrogen) atoms. The SMILES string of the molecule is COCCOc1ccc(C(=O)N2CCC3(CC2)c2ccc(C(=O)C(F)(F)F)n2CCN3C)cc1. The molecule has 2 aromatic rings. The summed E-state index contributed by atoms with van der Waals surface area (Å²) >= 11 is 0. The Morgan fingerprint density at radius 1 is 0.971 bits per heavy atom. The van der Waals surface area contributed by atoms with E-state index in [-0.39, 0.29) is 11.6 Å². The molecule has 0 unspecified atom stereocenters. The summed E-state index contributed by atoms with van der Waals surface area (Å²) in [4.78, 5) is 28.9. The van der Waals surface area contributed by atoms with Gasteiger partial charge in [-0.15, -0.1) is 0 Å². The maximum Gasteiger partial charge on any atom is 0.456 e. The monoisotopic (exact) mass is 479 g/mol. The molecule has 1 spiro atoms. The fraction of sp³-hybridized carbons (Fsp3) is 0.500. The zero-order valence-electron chi connectivity index (χ0n) is 19.2. The molecule has 0 N–H and O–H groups in total. The highest BCUT2D eigenvalue weighted by atomic mass is 19.4. The fourth-order valence-corrected chi connectivity index (χ4v) is 4.95. The zero-order chi connectivity index (χ0) is 24.5. The molecule has 1 amide bonds. The number of piperidine rings is 1. The van der Waals surface area contributed by atoms with E-state index in [4.69, 9.17) is 9.47 Å². The molecule has 3 heterocycles. The summed E-state index contributed by atoms with van der Waals surface area (Å²) in [5, 5.41) is 0. The van der Waals surface area contributed by atoms with Gasteiger partial charge in [0.25, 0.3) is 11.7 Å². The average molecular weight is 479 g/mol. The Kier molecular flexibility index (Phi) is 6.73. The first-order chi connectivity index (χ1) is 16.2. The molecular formula is C24H28F3N3O4. The van der Waals surface area contributed by atoms with E-state index < -0.39 is 17.5 Å². The average Bonchev–Trinajstić information content (AvgIpc) is 3.26. The van der Waals surface area contributed by atoms with Crippen molar-refractivity contribution in [1.82, 2.24) is 14.4 Å². The highest BCUT2D eigenvalue weighted by Gasteiger charge is 2.47. The molecule has 0 aliphatic carbocycles. The number of alkyl halides is 3. The number of aromatic nitrogens is 1. The van der Waals surface area contributed by atoms with Crippen molar-refractivity contribution in [3.63, 3.8) is 0 Å². The quantitative estimate of drug-likeness (QED) is 0.470. The Bertz CT molecular complexity index is 1040. The van der Waals surface area contributed by atoms with Gasteiger partial charge in [-0.05, 0) is 56.3 Å². The van der Waals surface area contributed by atoms with Gasteiger partial charge in [-0.3, -0.25) is 14.5 Å². The summed E-state index contributed by atoms with van der Waals surface area (Å²) in [7, 11) is 3.54. The van der Waals surface area contributed by atoms with Crippen LogP contribution in [0.25, 0.3) is 0 Å². The predicted molar refractivity (Wildman–Crippen MR) is 118 cm³/mol. The van der Waals surface area contributed by atoms with Crippen molar-refractivity contribution in [3.8, 4) is 5.75 Å². The minimum Gasteiger partial charge on any atom is -0.491 e. The number of fused-ring (bicyclic) bond motifs is 2. The minimum absolute atomic E-state index is 0.0972. The molecule has 1 aromatic heterocycles. The minimum atomic E-state index is -4.91. The molecule has 0 radical (unpaired) electrons. The summed E-state index contributed by atoms with van der Waals surface area (Å²) in [6.07, 6.45) is -3.78. The summed E-state index contributed by atoms with van der Waals surface area (Å²) in [6, 6.07) is 9.85. The number of likely N-dealkylation sites (tertiary alicyclic amines) is 1. The lowest BCUT2D eigenvalue weighted by Gasteiger charge is -2.50. The van der Waals surface area contributed by atoms with Crippen molar-refractivity contribution < 1.29 is 32.2 Å². The van der Waals surface area contributed by atoms with E-state index >= 15 is 0 Å². The van der Waals surface area contributed by atoms with Gasteiger partial charge in [0, 0.05) is 44.5 Å². The number of likely N-dealkylation sites (N-methyl/N-ethyl adjacent to an activating group) is 1. The topological polar surface area (TPSA) is 64.0 Å². The molecule has 7 nitrogen and oxygen atoms in total. The molecule has 184 valence electrons. The van der Waals surface area contributed by atoms with E-state index in [0.717, 1.165) is 0 Å². The number of Topliss-reactive ketones (excluding diaryl/α,β-unsaturated/α-hetero) is 1. The van der Waals surface area contributed by atoms with Crippen LogP contribution in [0.3, 0.4) is 0 Å². The molecule has 0 bridgehead atoms. The number of methoxy groups -OCH3 is 1. The standard InChI is InChI=1S/C24H28F3N3O4/c1-28-13-14-30-19(21(31)24(25,26)27)7-8-20(30)23(28)9-11-29(12-10-23)22(32)17-3-5-18(6-4-17)34-16-15-33-2/h3-8H,9-16H2,1-2H3. The zero-order valence-corrected chi connectivity index (χ0v) is 19.2. The highest BCUT2D eigenvalue weighted by molar-refractivity contribution is 5.99. The fourth-order valence-electron chi connectivity index (χ4n) is 4.95. The molecule has 2 aliphatic rings. The molecule has 2 aliphatic heterocycles. The summed E-state index contributed by atoms with van der Waals surface area (Å²) in [6.45, 7) is 2.66.